The van der Waals surface area contributed by atoms with Crippen LogP contribution < -0.4 is 10.5 Å². The lowest BCUT2D eigenvalue weighted by atomic mass is 10.2. The molecule has 3 aromatic rings. The molecule has 5 heteroatoms. The van der Waals surface area contributed by atoms with Gasteiger partial charge in [0.25, 0.3) is 0 Å². The Bertz CT molecular complexity index is 841. The second-order valence-electron chi connectivity index (χ2n) is 4.66. The quantitative estimate of drug-likeness (QED) is 0.552. The number of hydrogen-bond donors (Lipinski definition) is 1. The van der Waals surface area contributed by atoms with Crippen LogP contribution >= 0.6 is 22.9 Å². The summed E-state index contributed by atoms with van der Waals surface area (Å²) in [5.74, 6) is -0.139. The van der Waals surface area contributed by atoms with Crippen LogP contribution in [0.3, 0.4) is 0 Å². The summed E-state index contributed by atoms with van der Waals surface area (Å²) < 4.78 is 6.34. The maximum absolute atomic E-state index is 12.3. The first-order valence-corrected chi connectivity index (χ1v) is 7.51. The first-order chi connectivity index (χ1) is 10.1. The number of anilines is 1. The van der Waals surface area contributed by atoms with Crippen LogP contribution in [0.4, 0.5) is 5.69 Å². The predicted molar refractivity (Wildman–Crippen MR) is 87.4 cm³/mol. The molecule has 0 radical (unpaired) electrons. The number of carbonyl (C=O) groups excluding carboxylic acids is 1. The van der Waals surface area contributed by atoms with Gasteiger partial charge in [0.15, 0.2) is 0 Å². The smallest absolute Gasteiger partial charge is 0.355 e. The normalized spacial score (nSPS) is 10.8. The molecule has 0 amide bonds. The van der Waals surface area contributed by atoms with Crippen LogP contribution in [-0.4, -0.2) is 5.97 Å². The molecule has 0 bridgehead atoms. The van der Waals surface area contributed by atoms with Gasteiger partial charge in [-0.25, -0.2) is 4.79 Å². The molecule has 0 spiro atoms. The zero-order valence-corrected chi connectivity index (χ0v) is 12.8. The molecule has 0 saturated heterocycles. The number of carbonyl (C=O) groups is 1. The molecular formula is C16H12ClNO2S. The van der Waals surface area contributed by atoms with Gasteiger partial charge in [0.2, 0.25) is 0 Å². The fraction of sp³-hybridized carbons (Fsp3) is 0.0625. The molecule has 0 atom stereocenters. The van der Waals surface area contributed by atoms with Crippen LogP contribution in [-0.2, 0) is 0 Å². The van der Waals surface area contributed by atoms with Crippen LogP contribution in [0.1, 0.15) is 15.2 Å². The number of fused-ring (bicyclic) bond motifs is 1. The van der Waals surface area contributed by atoms with Gasteiger partial charge in [-0.15, -0.1) is 11.3 Å². The summed E-state index contributed by atoms with van der Waals surface area (Å²) in [7, 11) is 0. The van der Waals surface area contributed by atoms with E-state index in [4.69, 9.17) is 22.1 Å². The molecule has 1 aromatic heterocycles. The van der Waals surface area contributed by atoms with E-state index >= 15 is 0 Å². The van der Waals surface area contributed by atoms with Gasteiger partial charge >= 0.3 is 5.97 Å². The Kier molecular flexibility index (Phi) is 3.57. The molecule has 106 valence electrons. The van der Waals surface area contributed by atoms with Gasteiger partial charge in [-0.05, 0) is 30.7 Å². The highest BCUT2D eigenvalue weighted by Gasteiger charge is 2.19. The molecule has 2 aromatic carbocycles. The Morgan fingerprint density at radius 2 is 2.00 bits per heavy atom. The molecule has 3 rings (SSSR count). The standard InChI is InChI=1S/C16H12ClNO2S/c1-9-6-7-11(17)12(8-9)20-16(19)15-14(18)10-4-2-3-5-13(10)21-15/h2-8H,18H2,1H3. The van der Waals surface area contributed by atoms with Crippen LogP contribution in [0.2, 0.25) is 5.02 Å². The lowest BCUT2D eigenvalue weighted by Crippen LogP contribution is -2.09. The number of benzene rings is 2. The van der Waals surface area contributed by atoms with E-state index in [1.807, 2.05) is 37.3 Å². The van der Waals surface area contributed by atoms with Crippen LogP contribution in [0.15, 0.2) is 42.5 Å². The third-order valence-electron chi connectivity index (χ3n) is 3.11. The Morgan fingerprint density at radius 1 is 1.24 bits per heavy atom. The highest BCUT2D eigenvalue weighted by atomic mass is 35.5. The number of halogens is 1. The average molecular weight is 318 g/mol. The fourth-order valence-corrected chi connectivity index (χ4v) is 3.21. The van der Waals surface area contributed by atoms with E-state index in [-0.39, 0.29) is 0 Å². The van der Waals surface area contributed by atoms with E-state index in [1.165, 1.54) is 11.3 Å². The summed E-state index contributed by atoms with van der Waals surface area (Å²) in [5.41, 5.74) is 7.45. The number of ether oxygens (including phenoxy) is 1. The predicted octanol–water partition coefficient (Wildman–Crippen LogP) is 4.66. The van der Waals surface area contributed by atoms with E-state index in [2.05, 4.69) is 0 Å². The summed E-state index contributed by atoms with van der Waals surface area (Å²) in [4.78, 5) is 12.7. The van der Waals surface area contributed by atoms with Gasteiger partial charge in [0.1, 0.15) is 10.6 Å². The SMILES string of the molecule is Cc1ccc(Cl)c(OC(=O)c2sc3ccccc3c2N)c1. The molecule has 0 fully saturated rings. The first-order valence-electron chi connectivity index (χ1n) is 6.31. The molecule has 3 nitrogen and oxygen atoms in total. The highest BCUT2D eigenvalue weighted by Crippen LogP contribution is 2.35. The number of nitrogen functional groups attached to an aromatic ring is 1. The summed E-state index contributed by atoms with van der Waals surface area (Å²) >= 11 is 7.36. The third kappa shape index (κ3) is 2.60. The van der Waals surface area contributed by atoms with Gasteiger partial charge in [-0.1, -0.05) is 35.9 Å². The zero-order valence-electron chi connectivity index (χ0n) is 11.2. The van der Waals surface area contributed by atoms with Crippen molar-refractivity contribution in [2.45, 2.75) is 6.92 Å². The van der Waals surface area contributed by atoms with Gasteiger partial charge < -0.3 is 10.5 Å². The monoisotopic (exact) mass is 317 g/mol. The number of aryl methyl sites for hydroxylation is 1. The third-order valence-corrected chi connectivity index (χ3v) is 4.59. The highest BCUT2D eigenvalue weighted by molar-refractivity contribution is 7.21. The fourth-order valence-electron chi connectivity index (χ4n) is 2.05. The van der Waals surface area contributed by atoms with Gasteiger partial charge in [0, 0.05) is 10.1 Å². The lowest BCUT2D eigenvalue weighted by Gasteiger charge is -2.06. The molecular weight excluding hydrogens is 306 g/mol. The second-order valence-corrected chi connectivity index (χ2v) is 6.12. The van der Waals surface area contributed by atoms with Crippen molar-refractivity contribution in [3.63, 3.8) is 0 Å². The molecule has 0 unspecified atom stereocenters. The minimum atomic E-state index is -0.485. The van der Waals surface area contributed by atoms with Crippen molar-refractivity contribution in [2.24, 2.45) is 0 Å². The second kappa shape index (κ2) is 5.39. The van der Waals surface area contributed by atoms with Gasteiger partial charge in [-0.3, -0.25) is 0 Å². The summed E-state index contributed by atoms with van der Waals surface area (Å²) in [6.07, 6.45) is 0. The zero-order chi connectivity index (χ0) is 15.0. The van der Waals surface area contributed by atoms with E-state index in [9.17, 15) is 4.79 Å². The van der Waals surface area contributed by atoms with Crippen molar-refractivity contribution >= 4 is 44.7 Å². The van der Waals surface area contributed by atoms with Crippen molar-refractivity contribution in [1.29, 1.82) is 0 Å². The Hall–Kier alpha value is -2.04. The van der Waals surface area contributed by atoms with Crippen molar-refractivity contribution in [3.8, 4) is 5.75 Å². The summed E-state index contributed by atoms with van der Waals surface area (Å²) in [6.45, 7) is 1.90. The first kappa shape index (κ1) is 13.9. The molecule has 2 N–H and O–H groups in total. The van der Waals surface area contributed by atoms with Crippen molar-refractivity contribution in [2.75, 3.05) is 5.73 Å². The molecule has 0 aliphatic heterocycles. The number of nitrogens with two attached hydrogens (primary N) is 1. The van der Waals surface area contributed by atoms with E-state index in [0.29, 0.717) is 21.3 Å². The Labute approximate surface area is 130 Å². The van der Waals surface area contributed by atoms with Crippen molar-refractivity contribution in [1.82, 2.24) is 0 Å². The van der Waals surface area contributed by atoms with Gasteiger partial charge in [0.05, 0.1) is 10.7 Å². The number of thiophene rings is 1. The van der Waals surface area contributed by atoms with Gasteiger partial charge in [-0.2, -0.15) is 0 Å². The topological polar surface area (TPSA) is 52.3 Å². The Morgan fingerprint density at radius 3 is 2.76 bits per heavy atom. The molecule has 0 saturated carbocycles. The minimum absolute atomic E-state index is 0.346. The molecule has 21 heavy (non-hydrogen) atoms. The summed E-state index contributed by atoms with van der Waals surface area (Å²) in [5, 5.41) is 1.26. The lowest BCUT2D eigenvalue weighted by molar-refractivity contribution is 0.0741. The van der Waals surface area contributed by atoms with E-state index in [0.717, 1.165) is 15.6 Å². The molecule has 0 aliphatic carbocycles. The van der Waals surface area contributed by atoms with E-state index in [1.54, 1.807) is 12.1 Å². The largest absolute Gasteiger partial charge is 0.421 e. The Balaban J connectivity index is 1.97. The number of esters is 1. The van der Waals surface area contributed by atoms with Crippen LogP contribution in [0.25, 0.3) is 10.1 Å². The van der Waals surface area contributed by atoms with Crippen molar-refractivity contribution < 1.29 is 9.53 Å². The number of rotatable bonds is 2. The van der Waals surface area contributed by atoms with Crippen LogP contribution in [0, 0.1) is 6.92 Å². The molecule has 1 heterocycles. The van der Waals surface area contributed by atoms with Crippen LogP contribution in [0.5, 0.6) is 5.75 Å². The average Bonchev–Trinajstić information content (AvgIpc) is 2.81. The maximum atomic E-state index is 12.3. The number of hydrogen-bond acceptors (Lipinski definition) is 4. The minimum Gasteiger partial charge on any atom is -0.421 e. The maximum Gasteiger partial charge on any atom is 0.355 e. The molecule has 0 aliphatic rings. The summed E-state index contributed by atoms with van der Waals surface area (Å²) in [6, 6.07) is 12.9. The van der Waals surface area contributed by atoms with Crippen molar-refractivity contribution in [3.05, 3.63) is 57.9 Å². The van der Waals surface area contributed by atoms with E-state index < -0.39 is 5.97 Å².